The zero-order chi connectivity index (χ0) is 21.8. The van der Waals surface area contributed by atoms with Crippen molar-refractivity contribution in [3.63, 3.8) is 0 Å². The Morgan fingerprint density at radius 2 is 1.69 bits per heavy atom. The van der Waals surface area contributed by atoms with Crippen LogP contribution in [0.4, 0.5) is 0 Å². The molecule has 160 valence electrons. The lowest BCUT2D eigenvalue weighted by molar-refractivity contribution is -0.132. The molecule has 0 aliphatic heterocycles. The molecule has 1 aromatic carbocycles. The Hall–Kier alpha value is -2.12. The monoisotopic (exact) mass is 419 g/mol. The van der Waals surface area contributed by atoms with Crippen LogP contribution in [0, 0.1) is 12.8 Å². The summed E-state index contributed by atoms with van der Waals surface area (Å²) in [6.45, 7) is 10.4. The Kier molecular flexibility index (Phi) is 7.66. The summed E-state index contributed by atoms with van der Waals surface area (Å²) in [5, 5.41) is 0. The molecular weight excluding hydrogens is 386 g/mol. The molecule has 2 aromatic rings. The first-order chi connectivity index (χ1) is 13.5. The third kappa shape index (κ3) is 5.93. The summed E-state index contributed by atoms with van der Waals surface area (Å²) in [6, 6.07) is 10.3. The second-order valence-corrected chi connectivity index (χ2v) is 10.1. The lowest BCUT2D eigenvalue weighted by Gasteiger charge is -2.30. The van der Waals surface area contributed by atoms with E-state index < -0.39 is 10.0 Å². The molecule has 0 bridgehead atoms. The van der Waals surface area contributed by atoms with Crippen LogP contribution < -0.4 is 0 Å². The van der Waals surface area contributed by atoms with Crippen molar-refractivity contribution in [3.8, 4) is 0 Å². The quantitative estimate of drug-likeness (QED) is 0.626. The summed E-state index contributed by atoms with van der Waals surface area (Å²) < 4.78 is 29.6. The smallest absolute Gasteiger partial charge is 0.243 e. The fourth-order valence-corrected chi connectivity index (χ4v) is 4.76. The predicted molar refractivity (Wildman–Crippen MR) is 116 cm³/mol. The van der Waals surface area contributed by atoms with Gasteiger partial charge in [0.1, 0.15) is 0 Å². The molecule has 7 heteroatoms. The Labute approximate surface area is 175 Å². The summed E-state index contributed by atoms with van der Waals surface area (Å²) >= 11 is 0. The highest BCUT2D eigenvalue weighted by Crippen LogP contribution is 2.20. The van der Waals surface area contributed by atoms with Gasteiger partial charge in [-0.3, -0.25) is 4.79 Å². The first-order valence-corrected chi connectivity index (χ1v) is 11.4. The number of carbonyl (C=O) groups excluding carboxylic acids is 1. The predicted octanol–water partition coefficient (Wildman–Crippen LogP) is 3.42. The first kappa shape index (κ1) is 23.2. The number of hydrogen-bond acceptors (Lipinski definition) is 3. The van der Waals surface area contributed by atoms with Gasteiger partial charge in [0.15, 0.2) is 0 Å². The van der Waals surface area contributed by atoms with Crippen molar-refractivity contribution >= 4 is 15.9 Å². The summed E-state index contributed by atoms with van der Waals surface area (Å²) in [7, 11) is -1.82. The highest BCUT2D eigenvalue weighted by atomic mass is 32.2. The molecule has 0 saturated carbocycles. The molecule has 0 atom stereocenters. The Bertz CT molecular complexity index is 915. The van der Waals surface area contributed by atoms with Gasteiger partial charge in [-0.25, -0.2) is 8.42 Å². The molecule has 1 aromatic heterocycles. The van der Waals surface area contributed by atoms with Crippen LogP contribution in [0.3, 0.4) is 0 Å². The minimum absolute atomic E-state index is 0.176. The molecule has 0 spiro atoms. The summed E-state index contributed by atoms with van der Waals surface area (Å²) in [5.74, 6) is 0.0877. The van der Waals surface area contributed by atoms with Gasteiger partial charge >= 0.3 is 0 Å². The molecule has 6 nitrogen and oxygen atoms in total. The van der Waals surface area contributed by atoms with E-state index in [9.17, 15) is 13.2 Å². The SMILES string of the molecule is Cc1ccc(S(=O)(=O)N(CC(=O)N(Cc2cccn2C)CC(C)C)C(C)C)cc1. The number of nitrogens with zero attached hydrogens (tertiary/aromatic N) is 3. The van der Waals surface area contributed by atoms with E-state index in [2.05, 4.69) is 13.8 Å². The number of rotatable bonds is 9. The second-order valence-electron chi connectivity index (χ2n) is 8.24. The largest absolute Gasteiger partial charge is 0.353 e. The number of carbonyl (C=O) groups is 1. The van der Waals surface area contributed by atoms with E-state index in [4.69, 9.17) is 0 Å². The number of benzene rings is 1. The normalized spacial score (nSPS) is 12.2. The van der Waals surface area contributed by atoms with Crippen LogP contribution in [0.1, 0.15) is 39.0 Å². The molecule has 0 fully saturated rings. The standard InChI is InChI=1S/C22H33N3O3S/c1-17(2)14-24(15-20-8-7-13-23(20)6)22(26)16-25(18(3)4)29(27,28)21-11-9-19(5)10-12-21/h7-13,17-18H,14-16H2,1-6H3. The van der Waals surface area contributed by atoms with Gasteiger partial charge in [-0.15, -0.1) is 0 Å². The number of aromatic nitrogens is 1. The van der Waals surface area contributed by atoms with Crippen LogP contribution in [0.15, 0.2) is 47.5 Å². The Morgan fingerprint density at radius 3 is 2.17 bits per heavy atom. The van der Waals surface area contributed by atoms with Gasteiger partial charge in [-0.1, -0.05) is 31.5 Å². The van der Waals surface area contributed by atoms with E-state index in [-0.39, 0.29) is 29.3 Å². The van der Waals surface area contributed by atoms with Gasteiger partial charge < -0.3 is 9.47 Å². The van der Waals surface area contributed by atoms with Gasteiger partial charge in [0.05, 0.1) is 18.0 Å². The summed E-state index contributed by atoms with van der Waals surface area (Å²) in [5.41, 5.74) is 2.00. The lowest BCUT2D eigenvalue weighted by Crippen LogP contribution is -2.46. The van der Waals surface area contributed by atoms with Crippen LogP contribution >= 0.6 is 0 Å². The van der Waals surface area contributed by atoms with E-state index in [0.717, 1.165) is 11.3 Å². The Balaban J connectivity index is 2.27. The fourth-order valence-electron chi connectivity index (χ4n) is 3.18. The molecule has 0 unspecified atom stereocenters. The van der Waals surface area contributed by atoms with Crippen molar-refractivity contribution in [2.75, 3.05) is 13.1 Å². The number of sulfonamides is 1. The third-order valence-electron chi connectivity index (χ3n) is 4.84. The van der Waals surface area contributed by atoms with Gasteiger partial charge in [0.25, 0.3) is 0 Å². The summed E-state index contributed by atoms with van der Waals surface area (Å²) in [6.07, 6.45) is 1.94. The molecule has 1 heterocycles. The number of amides is 1. The average molecular weight is 420 g/mol. The van der Waals surface area contributed by atoms with Crippen molar-refractivity contribution < 1.29 is 13.2 Å². The molecule has 1 amide bonds. The van der Waals surface area contributed by atoms with Gasteiger partial charge in [-0.2, -0.15) is 4.31 Å². The molecule has 2 rings (SSSR count). The third-order valence-corrected chi connectivity index (χ3v) is 6.87. The van der Waals surface area contributed by atoms with Crippen molar-refractivity contribution in [2.45, 2.75) is 52.1 Å². The van der Waals surface area contributed by atoms with E-state index >= 15 is 0 Å². The molecule has 0 aliphatic carbocycles. The van der Waals surface area contributed by atoms with Crippen LogP contribution in [0.25, 0.3) is 0 Å². The maximum Gasteiger partial charge on any atom is 0.243 e. The van der Waals surface area contributed by atoms with Crippen molar-refractivity contribution in [1.82, 2.24) is 13.8 Å². The molecular formula is C22H33N3O3S. The van der Waals surface area contributed by atoms with Crippen LogP contribution in [0.2, 0.25) is 0 Å². The molecule has 0 saturated heterocycles. The van der Waals surface area contributed by atoms with E-state index in [1.165, 1.54) is 4.31 Å². The van der Waals surface area contributed by atoms with E-state index in [1.807, 2.05) is 36.9 Å². The van der Waals surface area contributed by atoms with Crippen LogP contribution in [-0.4, -0.2) is 47.2 Å². The molecule has 29 heavy (non-hydrogen) atoms. The number of aryl methyl sites for hydroxylation is 2. The van der Waals surface area contributed by atoms with Crippen molar-refractivity contribution in [3.05, 3.63) is 53.9 Å². The average Bonchev–Trinajstić information content (AvgIpc) is 3.03. The minimum atomic E-state index is -3.76. The van der Waals surface area contributed by atoms with Gasteiger partial charge in [0, 0.05) is 31.5 Å². The minimum Gasteiger partial charge on any atom is -0.353 e. The van der Waals surface area contributed by atoms with Crippen LogP contribution in [-0.2, 0) is 28.4 Å². The Morgan fingerprint density at radius 1 is 1.07 bits per heavy atom. The topological polar surface area (TPSA) is 62.6 Å². The zero-order valence-corrected chi connectivity index (χ0v) is 19.1. The van der Waals surface area contributed by atoms with Crippen molar-refractivity contribution in [2.24, 2.45) is 13.0 Å². The second kappa shape index (κ2) is 9.59. The summed E-state index contributed by atoms with van der Waals surface area (Å²) in [4.78, 5) is 15.1. The fraction of sp³-hybridized carbons (Fsp3) is 0.500. The highest BCUT2D eigenvalue weighted by molar-refractivity contribution is 7.89. The number of hydrogen-bond donors (Lipinski definition) is 0. The molecule has 0 N–H and O–H groups in total. The molecule has 0 radical (unpaired) electrons. The maximum absolute atomic E-state index is 13.2. The maximum atomic E-state index is 13.2. The van der Waals surface area contributed by atoms with Crippen LogP contribution in [0.5, 0.6) is 0 Å². The van der Waals surface area contributed by atoms with E-state index in [1.54, 1.807) is 43.0 Å². The van der Waals surface area contributed by atoms with Crippen molar-refractivity contribution in [1.29, 1.82) is 0 Å². The first-order valence-electron chi connectivity index (χ1n) is 9.99. The van der Waals surface area contributed by atoms with Gasteiger partial charge in [0.2, 0.25) is 15.9 Å². The van der Waals surface area contributed by atoms with Gasteiger partial charge in [-0.05, 0) is 51.0 Å². The zero-order valence-electron chi connectivity index (χ0n) is 18.3. The highest BCUT2D eigenvalue weighted by Gasteiger charge is 2.31. The van der Waals surface area contributed by atoms with E-state index in [0.29, 0.717) is 13.1 Å². The molecule has 0 aliphatic rings. The lowest BCUT2D eigenvalue weighted by atomic mass is 10.2.